The standard InChI is InChI=1S/C14H10F2N2O2S/c1-8-18-7-12(21-8)13(19)11(6-17)9-2-4-10(5-3-9)20-14(15)16/h2-5,7,11,14H,1H3. The molecule has 0 aliphatic rings. The number of ketones is 1. The van der Waals surface area contributed by atoms with Crippen molar-refractivity contribution in [3.8, 4) is 11.8 Å². The lowest BCUT2D eigenvalue weighted by Crippen LogP contribution is -2.10. The molecule has 0 aliphatic heterocycles. The molecule has 0 spiro atoms. The van der Waals surface area contributed by atoms with Crippen LogP contribution in [0.25, 0.3) is 0 Å². The van der Waals surface area contributed by atoms with Crippen LogP contribution in [0.3, 0.4) is 0 Å². The lowest BCUT2D eigenvalue weighted by molar-refractivity contribution is -0.0498. The van der Waals surface area contributed by atoms with Crippen molar-refractivity contribution in [3.63, 3.8) is 0 Å². The van der Waals surface area contributed by atoms with E-state index in [4.69, 9.17) is 0 Å². The van der Waals surface area contributed by atoms with E-state index in [1.165, 1.54) is 41.8 Å². The molecule has 7 heteroatoms. The first-order valence-corrected chi connectivity index (χ1v) is 6.74. The number of benzene rings is 1. The fourth-order valence-electron chi connectivity index (χ4n) is 1.74. The van der Waals surface area contributed by atoms with Crippen LogP contribution in [0.15, 0.2) is 30.5 Å². The van der Waals surface area contributed by atoms with Crippen molar-refractivity contribution < 1.29 is 18.3 Å². The predicted octanol–water partition coefficient (Wildman–Crippen LogP) is 3.54. The molecule has 0 N–H and O–H groups in total. The Morgan fingerprint density at radius 2 is 2.05 bits per heavy atom. The van der Waals surface area contributed by atoms with Crippen molar-refractivity contribution in [2.45, 2.75) is 19.5 Å². The Morgan fingerprint density at radius 1 is 1.38 bits per heavy atom. The number of hydrogen-bond donors (Lipinski definition) is 0. The van der Waals surface area contributed by atoms with E-state index in [1.54, 1.807) is 6.92 Å². The molecule has 21 heavy (non-hydrogen) atoms. The Balaban J connectivity index is 2.21. The molecule has 0 amide bonds. The number of Topliss-reactive ketones (excluding diaryl/α,β-unsaturated/α-hetero) is 1. The molecular weight excluding hydrogens is 298 g/mol. The Hall–Kier alpha value is -2.33. The van der Waals surface area contributed by atoms with Crippen LogP contribution in [0.5, 0.6) is 5.75 Å². The van der Waals surface area contributed by atoms with Crippen molar-refractivity contribution >= 4 is 17.1 Å². The summed E-state index contributed by atoms with van der Waals surface area (Å²) >= 11 is 1.21. The van der Waals surface area contributed by atoms with Gasteiger partial charge in [-0.2, -0.15) is 14.0 Å². The quantitative estimate of drug-likeness (QED) is 0.793. The first-order chi connectivity index (χ1) is 10.0. The van der Waals surface area contributed by atoms with Crippen LogP contribution in [0.4, 0.5) is 8.78 Å². The fraction of sp³-hybridized carbons (Fsp3) is 0.214. The topological polar surface area (TPSA) is 63.0 Å². The highest BCUT2D eigenvalue weighted by Crippen LogP contribution is 2.25. The predicted molar refractivity (Wildman–Crippen MR) is 72.6 cm³/mol. The zero-order chi connectivity index (χ0) is 15.4. The molecule has 108 valence electrons. The van der Waals surface area contributed by atoms with Gasteiger partial charge in [0.15, 0.2) is 5.78 Å². The average Bonchev–Trinajstić information content (AvgIpc) is 2.87. The van der Waals surface area contributed by atoms with E-state index in [1.807, 2.05) is 6.07 Å². The van der Waals surface area contributed by atoms with E-state index in [-0.39, 0.29) is 11.5 Å². The SMILES string of the molecule is Cc1ncc(C(=O)C(C#N)c2ccc(OC(F)F)cc2)s1. The third-order valence-corrected chi connectivity index (χ3v) is 3.62. The Kier molecular flexibility index (Phi) is 4.60. The lowest BCUT2D eigenvalue weighted by atomic mass is 9.95. The first kappa shape index (κ1) is 15.1. The van der Waals surface area contributed by atoms with E-state index >= 15 is 0 Å². The summed E-state index contributed by atoms with van der Waals surface area (Å²) in [6.07, 6.45) is 1.43. The third-order valence-electron chi connectivity index (χ3n) is 2.69. The molecule has 0 aliphatic carbocycles. The van der Waals surface area contributed by atoms with Gasteiger partial charge in [0.05, 0.1) is 16.0 Å². The molecule has 0 fully saturated rings. The number of hydrogen-bond acceptors (Lipinski definition) is 5. The maximum atomic E-state index is 12.2. The summed E-state index contributed by atoms with van der Waals surface area (Å²) in [5.41, 5.74) is 0.426. The van der Waals surface area contributed by atoms with Gasteiger partial charge in [-0.3, -0.25) is 4.79 Å². The van der Waals surface area contributed by atoms with E-state index in [2.05, 4.69) is 9.72 Å². The van der Waals surface area contributed by atoms with Crippen LogP contribution in [0, 0.1) is 18.3 Å². The maximum Gasteiger partial charge on any atom is 0.387 e. The monoisotopic (exact) mass is 308 g/mol. The molecule has 2 aromatic rings. The number of ether oxygens (including phenoxy) is 1. The van der Waals surface area contributed by atoms with E-state index in [9.17, 15) is 18.8 Å². The number of alkyl halides is 2. The highest BCUT2D eigenvalue weighted by atomic mass is 32.1. The second-order valence-corrected chi connectivity index (χ2v) is 5.35. The Labute approximate surface area is 123 Å². The average molecular weight is 308 g/mol. The molecular formula is C14H10F2N2O2S. The molecule has 1 heterocycles. The van der Waals surface area contributed by atoms with Gasteiger partial charge < -0.3 is 4.74 Å². The summed E-state index contributed by atoms with van der Waals surface area (Å²) in [5.74, 6) is -1.37. The van der Waals surface area contributed by atoms with Gasteiger partial charge in [-0.15, -0.1) is 11.3 Å². The van der Waals surface area contributed by atoms with E-state index in [0.29, 0.717) is 10.4 Å². The van der Waals surface area contributed by atoms with Crippen LogP contribution in [-0.4, -0.2) is 17.4 Å². The summed E-state index contributed by atoms with van der Waals surface area (Å²) in [6, 6.07) is 7.39. The van der Waals surface area contributed by atoms with Gasteiger partial charge in [0, 0.05) is 6.20 Å². The van der Waals surface area contributed by atoms with Gasteiger partial charge in [-0.1, -0.05) is 12.1 Å². The molecule has 1 atom stereocenters. The molecule has 2 rings (SSSR count). The zero-order valence-corrected chi connectivity index (χ0v) is 11.7. The summed E-state index contributed by atoms with van der Waals surface area (Å²) in [7, 11) is 0. The molecule has 0 radical (unpaired) electrons. The number of aryl methyl sites for hydroxylation is 1. The maximum absolute atomic E-state index is 12.2. The Morgan fingerprint density at radius 3 is 2.52 bits per heavy atom. The van der Waals surface area contributed by atoms with Crippen molar-refractivity contribution in [3.05, 3.63) is 45.9 Å². The number of halogens is 2. The molecule has 1 aromatic carbocycles. The highest BCUT2D eigenvalue weighted by Gasteiger charge is 2.23. The van der Waals surface area contributed by atoms with Gasteiger partial charge in [-0.05, 0) is 24.6 Å². The number of carbonyl (C=O) groups is 1. The lowest BCUT2D eigenvalue weighted by Gasteiger charge is -2.09. The van der Waals surface area contributed by atoms with Crippen LogP contribution >= 0.6 is 11.3 Å². The van der Waals surface area contributed by atoms with Crippen molar-refractivity contribution in [2.75, 3.05) is 0 Å². The normalized spacial score (nSPS) is 12.0. The van der Waals surface area contributed by atoms with Crippen LogP contribution in [0.1, 0.15) is 26.2 Å². The zero-order valence-electron chi connectivity index (χ0n) is 10.9. The second-order valence-electron chi connectivity index (χ2n) is 4.12. The second kappa shape index (κ2) is 6.41. The molecule has 0 saturated carbocycles. The number of aromatic nitrogens is 1. The number of nitriles is 1. The van der Waals surface area contributed by atoms with Gasteiger partial charge in [0.1, 0.15) is 11.7 Å². The minimum Gasteiger partial charge on any atom is -0.435 e. The fourth-order valence-corrected chi connectivity index (χ4v) is 2.49. The smallest absolute Gasteiger partial charge is 0.387 e. The van der Waals surface area contributed by atoms with Crippen molar-refractivity contribution in [2.24, 2.45) is 0 Å². The first-order valence-electron chi connectivity index (χ1n) is 5.92. The summed E-state index contributed by atoms with van der Waals surface area (Å²) in [6.45, 7) is -1.15. The van der Waals surface area contributed by atoms with Gasteiger partial charge >= 0.3 is 6.61 Å². The highest BCUT2D eigenvalue weighted by molar-refractivity contribution is 7.13. The minimum atomic E-state index is -2.91. The summed E-state index contributed by atoms with van der Waals surface area (Å²) < 4.78 is 28.3. The van der Waals surface area contributed by atoms with E-state index in [0.717, 1.165) is 5.01 Å². The Bertz CT molecular complexity index is 677. The molecule has 1 aromatic heterocycles. The summed E-state index contributed by atoms with van der Waals surface area (Å²) in [4.78, 5) is 16.6. The number of nitrogens with zero attached hydrogens (tertiary/aromatic N) is 2. The van der Waals surface area contributed by atoms with Gasteiger partial charge in [0.25, 0.3) is 0 Å². The number of thiazole rings is 1. The number of rotatable bonds is 5. The van der Waals surface area contributed by atoms with Crippen LogP contribution in [-0.2, 0) is 0 Å². The largest absolute Gasteiger partial charge is 0.435 e. The third kappa shape index (κ3) is 3.61. The molecule has 0 bridgehead atoms. The van der Waals surface area contributed by atoms with E-state index < -0.39 is 12.5 Å². The van der Waals surface area contributed by atoms with Gasteiger partial charge in [0.2, 0.25) is 0 Å². The van der Waals surface area contributed by atoms with Crippen LogP contribution in [0.2, 0.25) is 0 Å². The minimum absolute atomic E-state index is 0.0217. The van der Waals surface area contributed by atoms with Gasteiger partial charge in [-0.25, -0.2) is 4.98 Å². The number of carbonyl (C=O) groups excluding carboxylic acids is 1. The summed E-state index contributed by atoms with van der Waals surface area (Å²) in [5, 5.41) is 9.93. The molecule has 0 saturated heterocycles. The molecule has 1 unspecified atom stereocenters. The van der Waals surface area contributed by atoms with Crippen LogP contribution < -0.4 is 4.74 Å². The van der Waals surface area contributed by atoms with Crippen molar-refractivity contribution in [1.29, 1.82) is 5.26 Å². The van der Waals surface area contributed by atoms with Crippen molar-refractivity contribution in [1.82, 2.24) is 4.98 Å². The molecule has 4 nitrogen and oxygen atoms in total.